The Morgan fingerprint density at radius 1 is 1.37 bits per heavy atom. The number of nitrogens with zero attached hydrogens (tertiary/aromatic N) is 3. The number of fused-ring (bicyclic) bond motifs is 1. The second kappa shape index (κ2) is 4.41. The van der Waals surface area contributed by atoms with Crippen molar-refractivity contribution in [1.29, 1.82) is 0 Å². The van der Waals surface area contributed by atoms with Crippen LogP contribution in [0.4, 0.5) is 5.95 Å². The highest BCUT2D eigenvalue weighted by Crippen LogP contribution is 2.32. The maximum atomic E-state index is 12.4. The molecule has 2 aromatic rings. The van der Waals surface area contributed by atoms with Gasteiger partial charge in [-0.05, 0) is 12.1 Å². The van der Waals surface area contributed by atoms with Crippen molar-refractivity contribution in [1.82, 2.24) is 14.3 Å². The SMILES string of the molecule is Nc1ncc2c(n1)CN(S(=O)(=O)c1ccc(Cl)s1)C2. The van der Waals surface area contributed by atoms with Gasteiger partial charge in [-0.15, -0.1) is 11.3 Å². The van der Waals surface area contributed by atoms with E-state index in [1.807, 2.05) is 0 Å². The van der Waals surface area contributed by atoms with E-state index in [9.17, 15) is 8.42 Å². The molecular weight excluding hydrogens is 308 g/mol. The first-order valence-electron chi connectivity index (χ1n) is 5.32. The van der Waals surface area contributed by atoms with Crippen LogP contribution in [0.3, 0.4) is 0 Å². The standard InChI is InChI=1S/C10H9ClN4O2S2/c11-8-1-2-9(18-8)19(16,17)15-4-6-3-13-10(12)14-7(6)5-15/h1-3H,4-5H2,(H2,12,13,14). The number of nitrogen functional groups attached to an aromatic ring is 1. The van der Waals surface area contributed by atoms with Crippen molar-refractivity contribution in [3.63, 3.8) is 0 Å². The number of aromatic nitrogens is 2. The molecule has 0 aliphatic carbocycles. The van der Waals surface area contributed by atoms with Gasteiger partial charge in [-0.1, -0.05) is 11.6 Å². The summed E-state index contributed by atoms with van der Waals surface area (Å²) in [6, 6.07) is 3.07. The molecule has 100 valence electrons. The summed E-state index contributed by atoms with van der Waals surface area (Å²) in [6.07, 6.45) is 1.56. The fourth-order valence-electron chi connectivity index (χ4n) is 1.87. The number of sulfonamides is 1. The van der Waals surface area contributed by atoms with Crippen LogP contribution in [0.2, 0.25) is 4.34 Å². The Kier molecular flexibility index (Phi) is 2.97. The molecule has 0 spiro atoms. The molecule has 3 heterocycles. The zero-order chi connectivity index (χ0) is 13.6. The molecule has 0 saturated carbocycles. The van der Waals surface area contributed by atoms with Gasteiger partial charge in [-0.2, -0.15) is 4.31 Å². The van der Waals surface area contributed by atoms with Gasteiger partial charge in [-0.25, -0.2) is 18.4 Å². The quantitative estimate of drug-likeness (QED) is 0.906. The Balaban J connectivity index is 1.94. The summed E-state index contributed by atoms with van der Waals surface area (Å²) >= 11 is 6.82. The van der Waals surface area contributed by atoms with Gasteiger partial charge in [0.1, 0.15) is 4.21 Å². The number of halogens is 1. The predicted molar refractivity (Wildman–Crippen MR) is 72.2 cm³/mol. The lowest BCUT2D eigenvalue weighted by Gasteiger charge is -2.13. The molecule has 0 amide bonds. The molecule has 0 radical (unpaired) electrons. The van der Waals surface area contributed by atoms with Crippen molar-refractivity contribution in [2.45, 2.75) is 17.3 Å². The number of thiophene rings is 1. The molecule has 0 aromatic carbocycles. The van der Waals surface area contributed by atoms with E-state index in [1.54, 1.807) is 12.3 Å². The van der Waals surface area contributed by atoms with Crippen LogP contribution in [0.5, 0.6) is 0 Å². The molecule has 3 rings (SSSR count). The highest BCUT2D eigenvalue weighted by molar-refractivity contribution is 7.91. The Hall–Kier alpha value is -1.22. The van der Waals surface area contributed by atoms with E-state index in [1.165, 1.54) is 10.4 Å². The second-order valence-electron chi connectivity index (χ2n) is 4.03. The first-order chi connectivity index (χ1) is 8.96. The summed E-state index contributed by atoms with van der Waals surface area (Å²) in [5.74, 6) is 0.150. The third-order valence-electron chi connectivity index (χ3n) is 2.79. The number of hydrogen-bond donors (Lipinski definition) is 1. The van der Waals surface area contributed by atoms with Crippen molar-refractivity contribution < 1.29 is 8.42 Å². The molecule has 0 fully saturated rings. The lowest BCUT2D eigenvalue weighted by atomic mass is 10.3. The van der Waals surface area contributed by atoms with E-state index < -0.39 is 10.0 Å². The van der Waals surface area contributed by atoms with Gasteiger partial charge in [0.15, 0.2) is 0 Å². The predicted octanol–water partition coefficient (Wildman–Crippen LogP) is 1.48. The van der Waals surface area contributed by atoms with Gasteiger partial charge in [-0.3, -0.25) is 0 Å². The van der Waals surface area contributed by atoms with Crippen molar-refractivity contribution in [2.24, 2.45) is 0 Å². The van der Waals surface area contributed by atoms with Crippen molar-refractivity contribution >= 4 is 38.9 Å². The first kappa shape index (κ1) is 12.8. The van der Waals surface area contributed by atoms with Crippen LogP contribution >= 0.6 is 22.9 Å². The zero-order valence-corrected chi connectivity index (χ0v) is 12.0. The molecule has 0 unspecified atom stereocenters. The van der Waals surface area contributed by atoms with Crippen molar-refractivity contribution in [3.8, 4) is 0 Å². The van der Waals surface area contributed by atoms with E-state index in [-0.39, 0.29) is 23.2 Å². The van der Waals surface area contributed by atoms with Gasteiger partial charge < -0.3 is 5.73 Å². The van der Waals surface area contributed by atoms with Gasteiger partial charge in [0.05, 0.1) is 16.6 Å². The smallest absolute Gasteiger partial charge is 0.253 e. The molecule has 0 bridgehead atoms. The van der Waals surface area contributed by atoms with Crippen molar-refractivity contribution in [3.05, 3.63) is 33.9 Å². The minimum absolute atomic E-state index is 0.150. The normalized spacial score (nSPS) is 15.6. The molecule has 2 N–H and O–H groups in total. The first-order valence-corrected chi connectivity index (χ1v) is 7.96. The Morgan fingerprint density at radius 3 is 2.84 bits per heavy atom. The molecule has 19 heavy (non-hydrogen) atoms. The molecule has 9 heteroatoms. The van der Waals surface area contributed by atoms with E-state index in [4.69, 9.17) is 17.3 Å². The lowest BCUT2D eigenvalue weighted by molar-refractivity contribution is 0.431. The number of nitrogens with two attached hydrogens (primary N) is 1. The van der Waals surface area contributed by atoms with Crippen LogP contribution in [-0.4, -0.2) is 22.7 Å². The van der Waals surface area contributed by atoms with Crippen LogP contribution in [0.15, 0.2) is 22.5 Å². The maximum absolute atomic E-state index is 12.4. The van der Waals surface area contributed by atoms with Crippen LogP contribution in [0.25, 0.3) is 0 Å². The van der Waals surface area contributed by atoms with E-state index in [2.05, 4.69) is 9.97 Å². The molecule has 2 aromatic heterocycles. The highest BCUT2D eigenvalue weighted by atomic mass is 35.5. The maximum Gasteiger partial charge on any atom is 0.253 e. The third kappa shape index (κ3) is 2.20. The number of rotatable bonds is 2. The minimum Gasteiger partial charge on any atom is -0.368 e. The average Bonchev–Trinajstić information content (AvgIpc) is 2.95. The molecule has 1 aliphatic rings. The molecule has 1 aliphatic heterocycles. The molecule has 6 nitrogen and oxygen atoms in total. The summed E-state index contributed by atoms with van der Waals surface area (Å²) in [6.45, 7) is 0.466. The summed E-state index contributed by atoms with van der Waals surface area (Å²) in [7, 11) is -3.54. The largest absolute Gasteiger partial charge is 0.368 e. The van der Waals surface area contributed by atoms with Gasteiger partial charge in [0, 0.05) is 18.3 Å². The topological polar surface area (TPSA) is 89.2 Å². The molecular formula is C10H9ClN4O2S2. The third-order valence-corrected chi connectivity index (χ3v) is 6.28. The van der Waals surface area contributed by atoms with E-state index in [0.29, 0.717) is 10.0 Å². The number of hydrogen-bond acceptors (Lipinski definition) is 6. The van der Waals surface area contributed by atoms with Crippen molar-refractivity contribution in [2.75, 3.05) is 5.73 Å². The lowest BCUT2D eigenvalue weighted by Crippen LogP contribution is -2.24. The monoisotopic (exact) mass is 316 g/mol. The summed E-state index contributed by atoms with van der Waals surface area (Å²) in [5, 5.41) is 0. The summed E-state index contributed by atoms with van der Waals surface area (Å²) in [5.41, 5.74) is 6.92. The van der Waals surface area contributed by atoms with E-state index >= 15 is 0 Å². The zero-order valence-electron chi connectivity index (χ0n) is 9.58. The van der Waals surface area contributed by atoms with Crippen LogP contribution < -0.4 is 5.73 Å². The molecule has 0 saturated heterocycles. The Bertz CT molecular complexity index is 744. The fourth-order valence-corrected chi connectivity index (χ4v) is 4.89. The van der Waals surface area contributed by atoms with Gasteiger partial charge >= 0.3 is 0 Å². The highest BCUT2D eigenvalue weighted by Gasteiger charge is 2.32. The Labute approximate surface area is 118 Å². The second-order valence-corrected chi connectivity index (χ2v) is 7.91. The fraction of sp³-hybridized carbons (Fsp3) is 0.200. The van der Waals surface area contributed by atoms with Crippen LogP contribution in [-0.2, 0) is 23.1 Å². The Morgan fingerprint density at radius 2 is 2.16 bits per heavy atom. The minimum atomic E-state index is -3.54. The van der Waals surface area contributed by atoms with E-state index in [0.717, 1.165) is 16.9 Å². The number of anilines is 1. The van der Waals surface area contributed by atoms with Gasteiger partial charge in [0.2, 0.25) is 5.95 Å². The van der Waals surface area contributed by atoms with Gasteiger partial charge in [0.25, 0.3) is 10.0 Å². The van der Waals surface area contributed by atoms with Crippen LogP contribution in [0, 0.1) is 0 Å². The average molecular weight is 317 g/mol. The molecule has 0 atom stereocenters. The van der Waals surface area contributed by atoms with Crippen LogP contribution in [0.1, 0.15) is 11.3 Å². The summed E-state index contributed by atoms with van der Waals surface area (Å²) < 4.78 is 26.8. The summed E-state index contributed by atoms with van der Waals surface area (Å²) in [4.78, 5) is 7.93.